The highest BCUT2D eigenvalue weighted by molar-refractivity contribution is 5.69. The average molecular weight is 359 g/mol. The highest BCUT2D eigenvalue weighted by atomic mass is 16.5. The maximum atomic E-state index is 12.7. The van der Waals surface area contributed by atoms with E-state index in [4.69, 9.17) is 4.74 Å². The van der Waals surface area contributed by atoms with Gasteiger partial charge < -0.3 is 9.84 Å². The van der Waals surface area contributed by atoms with E-state index in [0.29, 0.717) is 17.2 Å². The average Bonchev–Trinajstić information content (AvgIpc) is 3.10. The second kappa shape index (κ2) is 6.84. The van der Waals surface area contributed by atoms with Crippen molar-refractivity contribution in [2.24, 2.45) is 7.05 Å². The first-order chi connectivity index (χ1) is 13.1. The lowest BCUT2D eigenvalue weighted by atomic mass is 10.1. The van der Waals surface area contributed by atoms with Crippen molar-refractivity contribution < 1.29 is 9.84 Å². The molecule has 2 heterocycles. The van der Waals surface area contributed by atoms with Gasteiger partial charge in [-0.05, 0) is 36.4 Å². The smallest absolute Gasteiger partial charge is 0.258 e. The number of aromatic nitrogens is 3. The van der Waals surface area contributed by atoms with Crippen molar-refractivity contribution in [1.82, 2.24) is 14.3 Å². The van der Waals surface area contributed by atoms with Gasteiger partial charge in [-0.2, -0.15) is 5.10 Å². The predicted molar refractivity (Wildman–Crippen MR) is 102 cm³/mol. The third-order valence-electron chi connectivity index (χ3n) is 4.13. The van der Waals surface area contributed by atoms with Gasteiger partial charge in [0, 0.05) is 42.3 Å². The van der Waals surface area contributed by atoms with E-state index >= 15 is 0 Å². The number of hydrogen-bond donors (Lipinski definition) is 1. The standard InChI is InChI=1S/C21H17N3O3/c1-23-13-15(12-22-23)19-14-24(16-7-9-17(25)10-8-16)21(26)11-20(19)27-18-5-3-2-4-6-18/h2-14,25H,1H3. The first kappa shape index (κ1) is 16.7. The molecule has 1 N–H and O–H groups in total. The van der Waals surface area contributed by atoms with Crippen LogP contribution in [-0.2, 0) is 7.05 Å². The van der Waals surface area contributed by atoms with Gasteiger partial charge in [0.2, 0.25) is 0 Å². The van der Waals surface area contributed by atoms with Crippen molar-refractivity contribution in [2.45, 2.75) is 0 Å². The van der Waals surface area contributed by atoms with Crippen LogP contribution in [0.3, 0.4) is 0 Å². The van der Waals surface area contributed by atoms with Crippen LogP contribution < -0.4 is 10.3 Å². The van der Waals surface area contributed by atoms with Crippen molar-refractivity contribution in [3.8, 4) is 34.1 Å². The first-order valence-electron chi connectivity index (χ1n) is 8.38. The Kier molecular flexibility index (Phi) is 4.22. The van der Waals surface area contributed by atoms with Crippen molar-refractivity contribution in [1.29, 1.82) is 0 Å². The Morgan fingerprint density at radius 2 is 1.74 bits per heavy atom. The maximum absolute atomic E-state index is 12.7. The topological polar surface area (TPSA) is 69.3 Å². The zero-order chi connectivity index (χ0) is 18.8. The number of hydrogen-bond acceptors (Lipinski definition) is 4. The Balaban J connectivity index is 1.87. The summed E-state index contributed by atoms with van der Waals surface area (Å²) < 4.78 is 9.18. The molecule has 0 saturated heterocycles. The number of nitrogens with zero attached hydrogens (tertiary/aromatic N) is 3. The fraction of sp³-hybridized carbons (Fsp3) is 0.0476. The number of phenols is 1. The maximum Gasteiger partial charge on any atom is 0.258 e. The summed E-state index contributed by atoms with van der Waals surface area (Å²) in [5.41, 5.74) is 1.98. The second-order valence-corrected chi connectivity index (χ2v) is 6.09. The lowest BCUT2D eigenvalue weighted by molar-refractivity contribution is 0.475. The van der Waals surface area contributed by atoms with Crippen molar-refractivity contribution in [2.75, 3.05) is 0 Å². The molecule has 6 heteroatoms. The molecule has 2 aromatic heterocycles. The quantitative estimate of drug-likeness (QED) is 0.603. The van der Waals surface area contributed by atoms with Gasteiger partial charge >= 0.3 is 0 Å². The third kappa shape index (κ3) is 3.46. The van der Waals surface area contributed by atoms with Gasteiger partial charge in [-0.1, -0.05) is 18.2 Å². The Hall–Kier alpha value is -3.80. The molecular weight excluding hydrogens is 342 g/mol. The molecule has 6 nitrogen and oxygen atoms in total. The molecule has 0 saturated carbocycles. The summed E-state index contributed by atoms with van der Waals surface area (Å²) in [7, 11) is 1.83. The summed E-state index contributed by atoms with van der Waals surface area (Å²) in [5, 5.41) is 13.7. The van der Waals surface area contributed by atoms with Gasteiger partial charge in [-0.3, -0.25) is 14.0 Å². The molecule has 0 atom stereocenters. The van der Waals surface area contributed by atoms with Crippen LogP contribution in [0.25, 0.3) is 16.8 Å². The Morgan fingerprint density at radius 1 is 1.00 bits per heavy atom. The van der Waals surface area contributed by atoms with E-state index in [0.717, 1.165) is 11.1 Å². The molecule has 2 aromatic carbocycles. The van der Waals surface area contributed by atoms with Crippen molar-refractivity contribution in [3.05, 3.63) is 89.6 Å². The van der Waals surface area contributed by atoms with Crippen LogP contribution in [-0.4, -0.2) is 19.5 Å². The zero-order valence-corrected chi connectivity index (χ0v) is 14.6. The molecule has 0 bridgehead atoms. The van der Waals surface area contributed by atoms with E-state index in [1.165, 1.54) is 10.6 Å². The fourth-order valence-corrected chi connectivity index (χ4v) is 2.81. The highest BCUT2D eigenvalue weighted by Crippen LogP contribution is 2.32. The first-order valence-corrected chi connectivity index (χ1v) is 8.38. The Bertz CT molecular complexity index is 1130. The number of para-hydroxylation sites is 1. The van der Waals surface area contributed by atoms with Gasteiger partial charge in [0.15, 0.2) is 0 Å². The molecule has 27 heavy (non-hydrogen) atoms. The Labute approximate surface area is 155 Å². The fourth-order valence-electron chi connectivity index (χ4n) is 2.81. The normalized spacial score (nSPS) is 10.7. The molecule has 0 aliphatic heterocycles. The summed E-state index contributed by atoms with van der Waals surface area (Å²) in [6.45, 7) is 0. The van der Waals surface area contributed by atoms with E-state index < -0.39 is 0 Å². The van der Waals surface area contributed by atoms with Crippen molar-refractivity contribution >= 4 is 0 Å². The molecule has 0 fully saturated rings. The van der Waals surface area contributed by atoms with Gasteiger partial charge in [0.1, 0.15) is 17.2 Å². The number of aryl methyl sites for hydroxylation is 1. The van der Waals surface area contributed by atoms with Gasteiger partial charge in [-0.15, -0.1) is 0 Å². The minimum absolute atomic E-state index is 0.142. The van der Waals surface area contributed by atoms with Gasteiger partial charge in [0.25, 0.3) is 5.56 Å². The van der Waals surface area contributed by atoms with E-state index in [1.807, 2.05) is 43.6 Å². The number of phenolic OH excluding ortho intramolecular Hbond substituents is 1. The number of rotatable bonds is 4. The van der Waals surface area contributed by atoms with Crippen LogP contribution in [0.4, 0.5) is 0 Å². The van der Waals surface area contributed by atoms with E-state index in [2.05, 4.69) is 5.10 Å². The molecule has 0 aliphatic rings. The van der Waals surface area contributed by atoms with Crippen LogP contribution in [0.5, 0.6) is 17.2 Å². The molecule has 0 radical (unpaired) electrons. The zero-order valence-electron chi connectivity index (χ0n) is 14.6. The van der Waals surface area contributed by atoms with E-state index in [9.17, 15) is 9.90 Å². The second-order valence-electron chi connectivity index (χ2n) is 6.09. The lowest BCUT2D eigenvalue weighted by Crippen LogP contribution is -2.17. The summed E-state index contributed by atoms with van der Waals surface area (Å²) in [6.07, 6.45) is 5.31. The molecule has 0 unspecified atom stereocenters. The number of aromatic hydroxyl groups is 1. The summed E-state index contributed by atoms with van der Waals surface area (Å²) in [4.78, 5) is 12.7. The van der Waals surface area contributed by atoms with E-state index in [-0.39, 0.29) is 11.3 Å². The highest BCUT2D eigenvalue weighted by Gasteiger charge is 2.14. The molecule has 0 aliphatic carbocycles. The summed E-state index contributed by atoms with van der Waals surface area (Å²) >= 11 is 0. The number of benzene rings is 2. The largest absolute Gasteiger partial charge is 0.508 e. The van der Waals surface area contributed by atoms with Crippen LogP contribution in [0.15, 0.2) is 84.0 Å². The molecule has 134 valence electrons. The molecular formula is C21H17N3O3. The molecule has 4 aromatic rings. The van der Waals surface area contributed by atoms with Gasteiger partial charge in [0.05, 0.1) is 6.20 Å². The van der Waals surface area contributed by atoms with Crippen LogP contribution >= 0.6 is 0 Å². The number of ether oxygens (including phenoxy) is 1. The lowest BCUT2D eigenvalue weighted by Gasteiger charge is -2.13. The van der Waals surface area contributed by atoms with Crippen LogP contribution in [0.1, 0.15) is 0 Å². The predicted octanol–water partition coefficient (Wildman–Crippen LogP) is 3.74. The third-order valence-corrected chi connectivity index (χ3v) is 4.13. The summed E-state index contributed by atoms with van der Waals surface area (Å²) in [6, 6.07) is 17.2. The van der Waals surface area contributed by atoms with Gasteiger partial charge in [-0.25, -0.2) is 0 Å². The van der Waals surface area contributed by atoms with E-state index in [1.54, 1.807) is 41.3 Å². The Morgan fingerprint density at radius 3 is 2.41 bits per heavy atom. The monoisotopic (exact) mass is 359 g/mol. The molecule has 4 rings (SSSR count). The molecule has 0 amide bonds. The van der Waals surface area contributed by atoms with Crippen LogP contribution in [0, 0.1) is 0 Å². The van der Waals surface area contributed by atoms with Crippen molar-refractivity contribution in [3.63, 3.8) is 0 Å². The summed E-state index contributed by atoms with van der Waals surface area (Å²) in [5.74, 6) is 1.24. The molecule has 0 spiro atoms. The minimum atomic E-state index is -0.237. The SMILES string of the molecule is Cn1cc(-c2cn(-c3ccc(O)cc3)c(=O)cc2Oc2ccccc2)cn1. The van der Waals surface area contributed by atoms with Crippen LogP contribution in [0.2, 0.25) is 0 Å². The minimum Gasteiger partial charge on any atom is -0.508 e. The number of pyridine rings is 1.